The minimum Gasteiger partial charge on any atom is -0.465 e. The topological polar surface area (TPSA) is 176 Å². The van der Waals surface area contributed by atoms with Crippen molar-refractivity contribution in [1.29, 1.82) is 0 Å². The van der Waals surface area contributed by atoms with E-state index in [0.717, 1.165) is 75.0 Å². The van der Waals surface area contributed by atoms with Gasteiger partial charge in [-0.05, 0) is 204 Å². The largest absolute Gasteiger partial charge is 0.465 e. The molecule has 466 valence electrons. The fourth-order valence-corrected chi connectivity index (χ4v) is 13.7. The standard InChI is InChI=1S/C22H36O5.C21H34O5.C16H28O4.6CH4/c1-5-21(3,4)20(24)26-8-7-25-14-19(23)27-22(6-2)17-10-15-9-16(12-17)13-18(22)11-15;1-4-14(3)20(23)25-7-6-24-13-19(22)26-21(5-2)17-9-15-8-16(11-17)12-18(21)10-15;1-5-15(2,3)14(18)19-12-9-13(17)20-16(4)10-7-6-8-11-16;;;;;;/h15-18H,5-14H2,1-4H3;14-18H,4-13H2,1-3H3;5-12H2,1-4H3;6*1H4. The maximum Gasteiger partial charge on any atom is 0.332 e. The van der Waals surface area contributed by atoms with Gasteiger partial charge in [0.25, 0.3) is 0 Å². The van der Waals surface area contributed by atoms with Gasteiger partial charge in [0.2, 0.25) is 0 Å². The summed E-state index contributed by atoms with van der Waals surface area (Å²) in [5, 5.41) is 0. The Labute approximate surface area is 483 Å². The molecule has 1 atom stereocenters. The van der Waals surface area contributed by atoms with E-state index in [1.54, 1.807) is 0 Å². The lowest BCUT2D eigenvalue weighted by Gasteiger charge is -2.60. The summed E-state index contributed by atoms with van der Waals surface area (Å²) in [7, 11) is 0. The van der Waals surface area contributed by atoms with Gasteiger partial charge in [-0.15, -0.1) is 0 Å². The molecule has 14 heteroatoms. The molecule has 0 heterocycles. The predicted octanol–water partition coefficient (Wildman–Crippen LogP) is 15.3. The highest BCUT2D eigenvalue weighted by atomic mass is 16.6. The zero-order valence-electron chi connectivity index (χ0n) is 47.2. The lowest BCUT2D eigenvalue weighted by molar-refractivity contribution is -0.214. The first-order chi connectivity index (χ1) is 34.6. The van der Waals surface area contributed by atoms with Crippen molar-refractivity contribution in [3.63, 3.8) is 0 Å². The van der Waals surface area contributed by atoms with E-state index in [2.05, 4.69) is 13.8 Å². The molecule has 0 spiro atoms. The highest BCUT2D eigenvalue weighted by molar-refractivity contribution is 5.77. The fourth-order valence-electron chi connectivity index (χ4n) is 13.7. The average molecular weight is 1130 g/mol. The number of ether oxygens (including phenoxy) is 8. The number of hydrogen-bond acceptors (Lipinski definition) is 14. The molecule has 0 aliphatic heterocycles. The Hall–Kier alpha value is -3.26. The Kier molecular flexibility index (Phi) is 34.5. The minimum absolute atomic E-state index is 0. The molecule has 79 heavy (non-hydrogen) atoms. The molecule has 9 fully saturated rings. The third-order valence-corrected chi connectivity index (χ3v) is 18.8. The SMILES string of the molecule is C.C.C.C.C.C.CCC(C)(C)C(=O)OCCC(=O)OC1(C)CCCCC1.CCC(C)(C)C(=O)OCCOCC(=O)OC1(CC)C2CC3CC(C2)CC1C3.CCC(C)C(=O)OCCOCC(=O)OC1(CC)C2CC3CC(C2)CC1C3. The molecule has 9 aliphatic carbocycles. The predicted molar refractivity (Wildman–Crippen MR) is 317 cm³/mol. The van der Waals surface area contributed by atoms with Gasteiger partial charge in [0.15, 0.2) is 0 Å². The lowest BCUT2D eigenvalue weighted by Crippen LogP contribution is -2.59. The van der Waals surface area contributed by atoms with Crippen LogP contribution in [0, 0.1) is 64.1 Å². The molecule has 14 nitrogen and oxygen atoms in total. The number of carbonyl (C=O) groups is 6. The maximum atomic E-state index is 12.4. The first-order valence-corrected chi connectivity index (χ1v) is 28.9. The summed E-state index contributed by atoms with van der Waals surface area (Å²) in [6.07, 6.45) is 22.0. The highest BCUT2D eigenvalue weighted by Crippen LogP contribution is 2.62. The van der Waals surface area contributed by atoms with E-state index in [1.807, 2.05) is 62.3 Å². The molecule has 9 rings (SSSR count). The summed E-state index contributed by atoms with van der Waals surface area (Å²) in [6, 6.07) is 0. The van der Waals surface area contributed by atoms with Crippen molar-refractivity contribution in [3.8, 4) is 0 Å². The Morgan fingerprint density at radius 3 is 1.16 bits per heavy atom. The van der Waals surface area contributed by atoms with Gasteiger partial charge < -0.3 is 37.9 Å². The molecule has 9 saturated carbocycles. The summed E-state index contributed by atoms with van der Waals surface area (Å²) in [5.74, 6) is 3.93. The van der Waals surface area contributed by atoms with E-state index < -0.39 is 10.8 Å². The molecular weight excluding hydrogens is 1000 g/mol. The van der Waals surface area contributed by atoms with Crippen LogP contribution >= 0.6 is 0 Å². The van der Waals surface area contributed by atoms with E-state index in [-0.39, 0.29) is 156 Å². The van der Waals surface area contributed by atoms with E-state index >= 15 is 0 Å². The first-order valence-electron chi connectivity index (χ1n) is 28.9. The van der Waals surface area contributed by atoms with Gasteiger partial charge in [-0.3, -0.25) is 19.2 Å². The van der Waals surface area contributed by atoms with Gasteiger partial charge in [0, 0.05) is 0 Å². The average Bonchev–Trinajstić information content (AvgIpc) is 3.35. The molecule has 9 aliphatic rings. The van der Waals surface area contributed by atoms with Gasteiger partial charge in [-0.25, -0.2) is 9.59 Å². The van der Waals surface area contributed by atoms with E-state index in [1.165, 1.54) is 70.6 Å². The van der Waals surface area contributed by atoms with Crippen LogP contribution in [0.15, 0.2) is 0 Å². The van der Waals surface area contributed by atoms with Crippen LogP contribution in [0.4, 0.5) is 0 Å². The Morgan fingerprint density at radius 2 is 0.823 bits per heavy atom. The van der Waals surface area contributed by atoms with E-state index in [9.17, 15) is 28.8 Å². The van der Waals surface area contributed by atoms with Crippen molar-refractivity contribution in [2.24, 2.45) is 64.1 Å². The lowest BCUT2D eigenvalue weighted by atomic mass is 9.49. The monoisotopic (exact) mass is 1130 g/mol. The van der Waals surface area contributed by atoms with Crippen molar-refractivity contribution in [3.05, 3.63) is 0 Å². The van der Waals surface area contributed by atoms with Crippen molar-refractivity contribution in [1.82, 2.24) is 0 Å². The molecule has 1 unspecified atom stereocenters. The molecule has 0 N–H and O–H groups in total. The van der Waals surface area contributed by atoms with Gasteiger partial charge >= 0.3 is 35.8 Å². The van der Waals surface area contributed by atoms with Crippen LogP contribution in [-0.2, 0) is 66.7 Å². The molecule has 0 radical (unpaired) electrons. The number of esters is 6. The third-order valence-electron chi connectivity index (χ3n) is 18.8. The van der Waals surface area contributed by atoms with Crippen LogP contribution < -0.4 is 0 Å². The summed E-state index contributed by atoms with van der Waals surface area (Å²) < 4.78 is 44.0. The molecular formula is C65H122O14. The Morgan fingerprint density at radius 1 is 0.468 bits per heavy atom. The minimum atomic E-state index is -0.487. The number of hydrogen-bond donors (Lipinski definition) is 0. The molecule has 0 saturated heterocycles. The van der Waals surface area contributed by atoms with Gasteiger partial charge in [0.05, 0.1) is 36.4 Å². The van der Waals surface area contributed by atoms with Gasteiger partial charge in [-0.2, -0.15) is 0 Å². The van der Waals surface area contributed by atoms with Crippen molar-refractivity contribution >= 4 is 35.8 Å². The molecule has 0 aromatic carbocycles. The van der Waals surface area contributed by atoms with Crippen molar-refractivity contribution in [2.45, 2.75) is 272 Å². The Balaban J connectivity index is 0. The maximum absolute atomic E-state index is 12.4. The Bertz CT molecular complexity index is 1760. The van der Waals surface area contributed by atoms with Gasteiger partial charge in [-0.1, -0.05) is 92.5 Å². The zero-order valence-corrected chi connectivity index (χ0v) is 47.2. The van der Waals surface area contributed by atoms with Crippen LogP contribution in [0.5, 0.6) is 0 Å². The van der Waals surface area contributed by atoms with Crippen molar-refractivity contribution in [2.75, 3.05) is 46.2 Å². The smallest absolute Gasteiger partial charge is 0.332 e. The fraction of sp³-hybridized carbons (Fsp3) is 0.908. The quantitative estimate of drug-likeness (QED) is 0.0507. The summed E-state index contributed by atoms with van der Waals surface area (Å²) in [5.41, 5.74) is -1.82. The second-order valence-corrected chi connectivity index (χ2v) is 24.7. The van der Waals surface area contributed by atoms with Crippen LogP contribution in [-0.4, -0.2) is 98.9 Å². The second kappa shape index (κ2) is 35.0. The van der Waals surface area contributed by atoms with Crippen LogP contribution in [0.25, 0.3) is 0 Å². The first kappa shape index (κ1) is 77.8. The van der Waals surface area contributed by atoms with Crippen molar-refractivity contribution < 1.29 is 66.7 Å². The highest BCUT2D eigenvalue weighted by Gasteiger charge is 2.60. The number of rotatable bonds is 24. The van der Waals surface area contributed by atoms with Crippen LogP contribution in [0.2, 0.25) is 0 Å². The zero-order chi connectivity index (χ0) is 53.6. The summed E-state index contributed by atoms with van der Waals surface area (Å²) in [6.45, 7) is 22.2. The van der Waals surface area contributed by atoms with E-state index in [0.29, 0.717) is 30.1 Å². The van der Waals surface area contributed by atoms with Crippen LogP contribution in [0.3, 0.4) is 0 Å². The summed E-state index contributed by atoms with van der Waals surface area (Å²) in [4.78, 5) is 71.9. The molecule has 0 aromatic rings. The molecule has 8 bridgehead atoms. The third kappa shape index (κ3) is 20.8. The second-order valence-electron chi connectivity index (χ2n) is 24.7. The molecule has 0 amide bonds. The summed E-state index contributed by atoms with van der Waals surface area (Å²) >= 11 is 0. The number of carbonyl (C=O) groups excluding carboxylic acids is 6. The van der Waals surface area contributed by atoms with E-state index in [4.69, 9.17) is 37.9 Å². The van der Waals surface area contributed by atoms with Gasteiger partial charge in [0.1, 0.15) is 49.8 Å². The van der Waals surface area contributed by atoms with Crippen LogP contribution in [0.1, 0.15) is 256 Å². The normalized spacial score (nSPS) is 28.3. The molecule has 0 aromatic heterocycles.